The number of aryl methyl sites for hydroxylation is 1. The fourth-order valence-electron chi connectivity index (χ4n) is 2.85. The Morgan fingerprint density at radius 1 is 1.29 bits per heavy atom. The van der Waals surface area contributed by atoms with Crippen molar-refractivity contribution in [3.63, 3.8) is 0 Å². The van der Waals surface area contributed by atoms with E-state index >= 15 is 0 Å². The number of nitrogens with zero attached hydrogens (tertiary/aromatic N) is 1. The van der Waals surface area contributed by atoms with Crippen LogP contribution in [0.25, 0.3) is 0 Å². The Balaban J connectivity index is 2.11. The van der Waals surface area contributed by atoms with Gasteiger partial charge in [0, 0.05) is 24.5 Å². The van der Waals surface area contributed by atoms with Gasteiger partial charge in [0.25, 0.3) is 0 Å². The van der Waals surface area contributed by atoms with Crippen LogP contribution >= 0.6 is 0 Å². The van der Waals surface area contributed by atoms with Crippen LogP contribution in [-0.4, -0.2) is 13.1 Å². The molecule has 1 aliphatic rings. The third kappa shape index (κ3) is 2.93. The molecule has 1 unspecified atom stereocenters. The standard InChI is InChI=1S/C15H24N2/c1-3-13-5-4-9-17(10-8-13)15-7-6-14(16)11-12(15)2/h6-7,11,13H,3-5,8-10,16H2,1-2H3. The van der Waals surface area contributed by atoms with Crippen LogP contribution in [0.2, 0.25) is 0 Å². The first-order valence-electron chi connectivity index (χ1n) is 6.81. The molecule has 0 spiro atoms. The molecule has 17 heavy (non-hydrogen) atoms. The highest BCUT2D eigenvalue weighted by atomic mass is 15.1. The maximum atomic E-state index is 5.81. The Hall–Kier alpha value is -1.18. The normalized spacial score (nSPS) is 21.3. The van der Waals surface area contributed by atoms with Crippen LogP contribution in [0.1, 0.15) is 38.2 Å². The van der Waals surface area contributed by atoms with Gasteiger partial charge in [0.15, 0.2) is 0 Å². The summed E-state index contributed by atoms with van der Waals surface area (Å²) in [5, 5.41) is 0. The predicted molar refractivity (Wildman–Crippen MR) is 75.4 cm³/mol. The minimum Gasteiger partial charge on any atom is -0.399 e. The van der Waals surface area contributed by atoms with Gasteiger partial charge < -0.3 is 10.6 Å². The number of hydrogen-bond donors (Lipinski definition) is 1. The Morgan fingerprint density at radius 3 is 2.82 bits per heavy atom. The van der Waals surface area contributed by atoms with Gasteiger partial charge in [-0.05, 0) is 55.9 Å². The van der Waals surface area contributed by atoms with Crippen LogP contribution in [0.3, 0.4) is 0 Å². The molecular formula is C15H24N2. The fourth-order valence-corrected chi connectivity index (χ4v) is 2.85. The molecule has 1 fully saturated rings. The molecular weight excluding hydrogens is 208 g/mol. The molecule has 1 aromatic rings. The van der Waals surface area contributed by atoms with Crippen LogP contribution < -0.4 is 10.6 Å². The van der Waals surface area contributed by atoms with E-state index < -0.39 is 0 Å². The summed E-state index contributed by atoms with van der Waals surface area (Å²) in [6.07, 6.45) is 5.37. The second-order valence-electron chi connectivity index (χ2n) is 5.24. The van der Waals surface area contributed by atoms with E-state index in [0.717, 1.165) is 11.6 Å². The number of nitrogens with two attached hydrogens (primary N) is 1. The highest BCUT2D eigenvalue weighted by Gasteiger charge is 2.16. The molecule has 1 aliphatic heterocycles. The first-order valence-corrected chi connectivity index (χ1v) is 6.81. The maximum absolute atomic E-state index is 5.81. The Morgan fingerprint density at radius 2 is 2.12 bits per heavy atom. The lowest BCUT2D eigenvalue weighted by Gasteiger charge is -2.25. The summed E-state index contributed by atoms with van der Waals surface area (Å²) in [4.78, 5) is 2.53. The zero-order valence-corrected chi connectivity index (χ0v) is 11.1. The largest absolute Gasteiger partial charge is 0.399 e. The van der Waals surface area contributed by atoms with Crippen molar-refractivity contribution >= 4 is 11.4 Å². The molecule has 0 bridgehead atoms. The first-order chi connectivity index (χ1) is 8.20. The average molecular weight is 232 g/mol. The third-order valence-corrected chi connectivity index (χ3v) is 3.99. The van der Waals surface area contributed by atoms with E-state index in [9.17, 15) is 0 Å². The number of benzene rings is 1. The zero-order valence-electron chi connectivity index (χ0n) is 11.1. The quantitative estimate of drug-likeness (QED) is 0.789. The van der Waals surface area contributed by atoms with E-state index in [1.54, 1.807) is 0 Å². The highest BCUT2D eigenvalue weighted by molar-refractivity contribution is 5.59. The van der Waals surface area contributed by atoms with Crippen molar-refractivity contribution in [1.29, 1.82) is 0 Å². The fraction of sp³-hybridized carbons (Fsp3) is 0.600. The van der Waals surface area contributed by atoms with Crippen LogP contribution in [0, 0.1) is 12.8 Å². The van der Waals surface area contributed by atoms with Gasteiger partial charge in [0.05, 0.1) is 0 Å². The first kappa shape index (κ1) is 12.3. The average Bonchev–Trinajstić information content (AvgIpc) is 2.54. The highest BCUT2D eigenvalue weighted by Crippen LogP contribution is 2.27. The SMILES string of the molecule is CCC1CCCN(c2ccc(N)cc2C)CC1. The van der Waals surface area contributed by atoms with Crippen molar-refractivity contribution in [3.05, 3.63) is 23.8 Å². The smallest absolute Gasteiger partial charge is 0.0397 e. The van der Waals surface area contributed by atoms with E-state index in [0.29, 0.717) is 0 Å². The lowest BCUT2D eigenvalue weighted by Crippen LogP contribution is -2.25. The maximum Gasteiger partial charge on any atom is 0.0397 e. The van der Waals surface area contributed by atoms with Gasteiger partial charge in [-0.2, -0.15) is 0 Å². The molecule has 94 valence electrons. The van der Waals surface area contributed by atoms with E-state index in [1.165, 1.54) is 50.0 Å². The van der Waals surface area contributed by atoms with Gasteiger partial charge in [-0.25, -0.2) is 0 Å². The number of nitrogen functional groups attached to an aromatic ring is 1. The van der Waals surface area contributed by atoms with Crippen LogP contribution in [0.5, 0.6) is 0 Å². The Labute approximate surface area is 105 Å². The van der Waals surface area contributed by atoms with Gasteiger partial charge in [-0.3, -0.25) is 0 Å². The second-order valence-corrected chi connectivity index (χ2v) is 5.24. The molecule has 1 saturated heterocycles. The van der Waals surface area contributed by atoms with Gasteiger partial charge in [0.1, 0.15) is 0 Å². The van der Waals surface area contributed by atoms with Gasteiger partial charge >= 0.3 is 0 Å². The Bertz CT molecular complexity index is 373. The van der Waals surface area contributed by atoms with Crippen molar-refractivity contribution < 1.29 is 0 Å². The molecule has 0 aliphatic carbocycles. The van der Waals surface area contributed by atoms with E-state index in [4.69, 9.17) is 5.73 Å². The van der Waals surface area contributed by atoms with Crippen molar-refractivity contribution in [2.45, 2.75) is 39.5 Å². The number of rotatable bonds is 2. The molecule has 2 rings (SSSR count). The van der Waals surface area contributed by atoms with Crippen molar-refractivity contribution in [2.24, 2.45) is 5.92 Å². The molecule has 0 aromatic heterocycles. The molecule has 2 heteroatoms. The number of hydrogen-bond acceptors (Lipinski definition) is 2. The van der Waals surface area contributed by atoms with Gasteiger partial charge in [-0.15, -0.1) is 0 Å². The molecule has 1 atom stereocenters. The van der Waals surface area contributed by atoms with Gasteiger partial charge in [0.2, 0.25) is 0 Å². The zero-order chi connectivity index (χ0) is 12.3. The van der Waals surface area contributed by atoms with Crippen LogP contribution in [-0.2, 0) is 0 Å². The predicted octanol–water partition coefficient (Wildman–Crippen LogP) is 3.59. The van der Waals surface area contributed by atoms with E-state index in [1.807, 2.05) is 6.07 Å². The van der Waals surface area contributed by atoms with Crippen molar-refractivity contribution in [2.75, 3.05) is 23.7 Å². The van der Waals surface area contributed by atoms with Crippen LogP contribution in [0.4, 0.5) is 11.4 Å². The molecule has 1 heterocycles. The summed E-state index contributed by atoms with van der Waals surface area (Å²) in [6, 6.07) is 6.28. The van der Waals surface area contributed by atoms with E-state index in [2.05, 4.69) is 30.9 Å². The van der Waals surface area contributed by atoms with E-state index in [-0.39, 0.29) is 0 Å². The van der Waals surface area contributed by atoms with Gasteiger partial charge in [-0.1, -0.05) is 13.3 Å². The number of anilines is 2. The van der Waals surface area contributed by atoms with Crippen LogP contribution in [0.15, 0.2) is 18.2 Å². The summed E-state index contributed by atoms with van der Waals surface area (Å²) in [7, 11) is 0. The summed E-state index contributed by atoms with van der Waals surface area (Å²) >= 11 is 0. The Kier molecular flexibility index (Phi) is 3.93. The molecule has 2 nitrogen and oxygen atoms in total. The second kappa shape index (κ2) is 5.44. The molecule has 0 amide bonds. The lowest BCUT2D eigenvalue weighted by molar-refractivity contribution is 0.459. The summed E-state index contributed by atoms with van der Waals surface area (Å²) in [5.74, 6) is 0.925. The minimum atomic E-state index is 0.868. The minimum absolute atomic E-state index is 0.868. The molecule has 2 N–H and O–H groups in total. The molecule has 0 radical (unpaired) electrons. The molecule has 1 aromatic carbocycles. The van der Waals surface area contributed by atoms with Crippen molar-refractivity contribution in [1.82, 2.24) is 0 Å². The topological polar surface area (TPSA) is 29.3 Å². The molecule has 0 saturated carbocycles. The summed E-state index contributed by atoms with van der Waals surface area (Å²) < 4.78 is 0. The van der Waals surface area contributed by atoms with Crippen molar-refractivity contribution in [3.8, 4) is 0 Å². The lowest BCUT2D eigenvalue weighted by atomic mass is 9.98. The summed E-state index contributed by atoms with van der Waals surface area (Å²) in [5.41, 5.74) is 9.36. The monoisotopic (exact) mass is 232 g/mol. The third-order valence-electron chi connectivity index (χ3n) is 3.99. The summed E-state index contributed by atoms with van der Waals surface area (Å²) in [6.45, 7) is 6.87.